The summed E-state index contributed by atoms with van der Waals surface area (Å²) in [6.07, 6.45) is 0. The maximum Gasteiger partial charge on any atom is 0.321 e. The van der Waals surface area contributed by atoms with E-state index in [1.165, 1.54) is 28.8 Å². The van der Waals surface area contributed by atoms with E-state index in [2.05, 4.69) is 0 Å². The smallest absolute Gasteiger partial charge is 0.321 e. The maximum absolute atomic E-state index is 12.2. The number of carbonyl (C=O) groups excluding carboxylic acids is 1. The molecule has 3 nitrogen and oxygen atoms in total. The molecule has 0 aliphatic carbocycles. The molecule has 0 radical (unpaired) electrons. The summed E-state index contributed by atoms with van der Waals surface area (Å²) in [5.41, 5.74) is 2.37. The number of aryl methyl sites for hydroxylation is 1. The highest BCUT2D eigenvalue weighted by Crippen LogP contribution is 2.46. The monoisotopic (exact) mass is 392 g/mol. The third kappa shape index (κ3) is 4.90. The Bertz CT molecular complexity index is 742. The summed E-state index contributed by atoms with van der Waals surface area (Å²) in [7, 11) is 1.60. The van der Waals surface area contributed by atoms with Crippen LogP contribution in [0.5, 0.6) is 11.5 Å². The van der Waals surface area contributed by atoms with Gasteiger partial charge < -0.3 is 9.47 Å². The molecule has 0 saturated carbocycles. The average molecular weight is 393 g/mol. The summed E-state index contributed by atoms with van der Waals surface area (Å²) >= 11 is 5.37. The van der Waals surface area contributed by atoms with Crippen LogP contribution < -0.4 is 9.47 Å². The maximum atomic E-state index is 12.2. The van der Waals surface area contributed by atoms with E-state index in [1.54, 1.807) is 7.11 Å². The van der Waals surface area contributed by atoms with Gasteiger partial charge in [-0.1, -0.05) is 24.3 Å². The highest BCUT2D eigenvalue weighted by Gasteiger charge is 2.20. The minimum atomic E-state index is -0.274. The van der Waals surface area contributed by atoms with Crippen LogP contribution in [0.2, 0.25) is 0 Å². The van der Waals surface area contributed by atoms with Gasteiger partial charge in [0.2, 0.25) is 0 Å². The van der Waals surface area contributed by atoms with E-state index in [1.807, 2.05) is 72.9 Å². The fraction of sp³-hybridized carbons (Fsp3) is 0.316. The van der Waals surface area contributed by atoms with Crippen LogP contribution in [0.1, 0.15) is 15.7 Å². The van der Waals surface area contributed by atoms with Gasteiger partial charge in [0.25, 0.3) is 0 Å². The second kappa shape index (κ2) is 8.92. The first-order chi connectivity index (χ1) is 12.2. The van der Waals surface area contributed by atoms with E-state index in [4.69, 9.17) is 9.47 Å². The van der Waals surface area contributed by atoms with Crippen LogP contribution in [-0.2, 0) is 4.79 Å². The Morgan fingerprint density at radius 1 is 1.16 bits per heavy atom. The van der Waals surface area contributed by atoms with E-state index < -0.39 is 0 Å². The number of hydrogen-bond donors (Lipinski definition) is 0. The lowest BCUT2D eigenvalue weighted by atomic mass is 10.2. The quantitative estimate of drug-likeness (QED) is 0.383. The summed E-state index contributed by atoms with van der Waals surface area (Å²) in [6, 6.07) is 13.9. The molecular formula is C19H20O3S3. The van der Waals surface area contributed by atoms with Crippen molar-refractivity contribution in [1.82, 2.24) is 0 Å². The van der Waals surface area contributed by atoms with Crippen molar-refractivity contribution in [2.75, 3.05) is 24.4 Å². The Balaban J connectivity index is 1.63. The largest absolute Gasteiger partial charge is 0.493 e. The molecule has 1 saturated heterocycles. The van der Waals surface area contributed by atoms with Crippen LogP contribution in [-0.4, -0.2) is 30.3 Å². The third-order valence-electron chi connectivity index (χ3n) is 3.74. The molecule has 1 heterocycles. The van der Waals surface area contributed by atoms with Gasteiger partial charge in [-0.15, -0.1) is 35.3 Å². The first-order valence-corrected chi connectivity index (χ1v) is 11.1. The first kappa shape index (κ1) is 18.5. The summed E-state index contributed by atoms with van der Waals surface area (Å²) in [6.45, 7) is 2.04. The van der Waals surface area contributed by atoms with Gasteiger partial charge in [0.15, 0.2) is 11.5 Å². The van der Waals surface area contributed by atoms with Gasteiger partial charge in [0.1, 0.15) is 0 Å². The zero-order chi connectivity index (χ0) is 17.6. The molecule has 6 heteroatoms. The first-order valence-electron chi connectivity index (χ1n) is 7.97. The molecule has 1 aliphatic rings. The lowest BCUT2D eigenvalue weighted by Crippen LogP contribution is -2.11. The van der Waals surface area contributed by atoms with Crippen LogP contribution in [0.3, 0.4) is 0 Å². The lowest BCUT2D eigenvalue weighted by Gasteiger charge is -2.13. The van der Waals surface area contributed by atoms with Crippen molar-refractivity contribution in [3.8, 4) is 11.5 Å². The van der Waals surface area contributed by atoms with Gasteiger partial charge in [0.05, 0.1) is 17.4 Å². The molecule has 0 atom stereocenters. The molecular weight excluding hydrogens is 372 g/mol. The zero-order valence-electron chi connectivity index (χ0n) is 14.2. The van der Waals surface area contributed by atoms with Crippen LogP contribution in [0.25, 0.3) is 0 Å². The van der Waals surface area contributed by atoms with Crippen molar-refractivity contribution in [2.24, 2.45) is 0 Å². The number of esters is 1. The Kier molecular flexibility index (Phi) is 6.62. The minimum Gasteiger partial charge on any atom is -0.493 e. The van der Waals surface area contributed by atoms with Crippen molar-refractivity contribution in [2.45, 2.75) is 16.4 Å². The molecule has 0 bridgehead atoms. The number of carbonyl (C=O) groups is 1. The molecule has 0 spiro atoms. The molecule has 25 heavy (non-hydrogen) atoms. The highest BCUT2D eigenvalue weighted by molar-refractivity contribution is 8.19. The van der Waals surface area contributed by atoms with Crippen LogP contribution in [0.4, 0.5) is 0 Å². The van der Waals surface area contributed by atoms with Crippen LogP contribution in [0.15, 0.2) is 47.4 Å². The van der Waals surface area contributed by atoms with Crippen molar-refractivity contribution >= 4 is 41.3 Å². The lowest BCUT2D eigenvalue weighted by molar-refractivity contribution is -0.131. The SMILES string of the molecule is COc1cc(C2SCCS2)ccc1OC(=O)CSc1ccccc1C. The number of methoxy groups -OCH3 is 1. The normalized spacial score (nSPS) is 14.5. The van der Waals surface area contributed by atoms with Gasteiger partial charge in [-0.2, -0.15) is 0 Å². The molecule has 0 aromatic heterocycles. The topological polar surface area (TPSA) is 35.5 Å². The number of thioether (sulfide) groups is 3. The standard InChI is InChI=1S/C19H20O3S3/c1-13-5-3-4-6-17(13)25-12-18(20)22-15-8-7-14(11-16(15)21-2)19-23-9-10-24-19/h3-8,11,19H,9-10,12H2,1-2H3. The molecule has 132 valence electrons. The highest BCUT2D eigenvalue weighted by atomic mass is 32.2. The summed E-state index contributed by atoms with van der Waals surface area (Å²) in [5.74, 6) is 3.43. The predicted molar refractivity (Wildman–Crippen MR) is 108 cm³/mol. The van der Waals surface area contributed by atoms with Crippen LogP contribution >= 0.6 is 35.3 Å². The molecule has 0 N–H and O–H groups in total. The van der Waals surface area contributed by atoms with E-state index in [-0.39, 0.29) is 11.7 Å². The van der Waals surface area contributed by atoms with Crippen molar-refractivity contribution in [1.29, 1.82) is 0 Å². The molecule has 0 unspecified atom stereocenters. The fourth-order valence-corrected chi connectivity index (χ4v) is 6.11. The summed E-state index contributed by atoms with van der Waals surface area (Å²) in [4.78, 5) is 13.3. The molecule has 1 aliphatic heterocycles. The van der Waals surface area contributed by atoms with Crippen molar-refractivity contribution in [3.63, 3.8) is 0 Å². The minimum absolute atomic E-state index is 0.268. The van der Waals surface area contributed by atoms with Gasteiger partial charge in [-0.25, -0.2) is 0 Å². The van der Waals surface area contributed by atoms with Crippen LogP contribution in [0, 0.1) is 6.92 Å². The van der Waals surface area contributed by atoms with E-state index in [9.17, 15) is 4.79 Å². The van der Waals surface area contributed by atoms with E-state index in [0.717, 1.165) is 10.5 Å². The molecule has 2 aromatic carbocycles. The predicted octanol–water partition coefficient (Wildman–Crippen LogP) is 5.18. The van der Waals surface area contributed by atoms with Gasteiger partial charge >= 0.3 is 5.97 Å². The van der Waals surface area contributed by atoms with Crippen molar-refractivity contribution in [3.05, 3.63) is 53.6 Å². The zero-order valence-corrected chi connectivity index (χ0v) is 16.6. The number of hydrogen-bond acceptors (Lipinski definition) is 6. The summed E-state index contributed by atoms with van der Waals surface area (Å²) < 4.78 is 11.4. The third-order valence-corrected chi connectivity index (χ3v) is 8.00. The second-order valence-electron chi connectivity index (χ2n) is 5.51. The summed E-state index contributed by atoms with van der Waals surface area (Å²) in [5, 5.41) is 0. The number of benzene rings is 2. The Morgan fingerprint density at radius 2 is 1.92 bits per heavy atom. The Labute approximate surface area is 161 Å². The second-order valence-corrected chi connectivity index (χ2v) is 9.25. The fourth-order valence-electron chi connectivity index (χ4n) is 2.47. The van der Waals surface area contributed by atoms with Gasteiger partial charge in [0, 0.05) is 16.4 Å². The molecule has 0 amide bonds. The number of rotatable bonds is 6. The van der Waals surface area contributed by atoms with E-state index >= 15 is 0 Å². The average Bonchev–Trinajstić information content (AvgIpc) is 3.16. The molecule has 1 fully saturated rings. The van der Waals surface area contributed by atoms with Crippen molar-refractivity contribution < 1.29 is 14.3 Å². The van der Waals surface area contributed by atoms with E-state index in [0.29, 0.717) is 16.1 Å². The Morgan fingerprint density at radius 3 is 2.64 bits per heavy atom. The Hall–Kier alpha value is -1.24. The molecule has 2 aromatic rings. The molecule has 3 rings (SSSR count). The number of ether oxygens (including phenoxy) is 2. The van der Waals surface area contributed by atoms with Gasteiger partial charge in [-0.05, 0) is 36.2 Å². The van der Waals surface area contributed by atoms with Gasteiger partial charge in [-0.3, -0.25) is 4.79 Å².